The molecule has 3 heterocycles. The van der Waals surface area contributed by atoms with Gasteiger partial charge in [0, 0.05) is 50.6 Å². The molecule has 2 aliphatic heterocycles. The minimum Gasteiger partial charge on any atom is -0.339 e. The van der Waals surface area contributed by atoms with Gasteiger partial charge in [0.15, 0.2) is 0 Å². The van der Waals surface area contributed by atoms with E-state index in [1.807, 2.05) is 22.3 Å². The van der Waals surface area contributed by atoms with E-state index in [2.05, 4.69) is 40.6 Å². The smallest absolute Gasteiger partial charge is 0.227 e. The fraction of sp³-hybridized carbons (Fsp3) is 0.357. The molecule has 0 radical (unpaired) electrons. The summed E-state index contributed by atoms with van der Waals surface area (Å²) < 4.78 is 13.1. The first kappa shape index (κ1) is 23.7. The van der Waals surface area contributed by atoms with Crippen molar-refractivity contribution in [2.75, 3.05) is 39.3 Å². The van der Waals surface area contributed by atoms with E-state index < -0.39 is 0 Å². The number of benzene rings is 2. The highest BCUT2D eigenvalue weighted by molar-refractivity contribution is 7.10. The normalized spacial score (nSPS) is 18.4. The molecule has 5 nitrogen and oxygen atoms in total. The van der Waals surface area contributed by atoms with Crippen LogP contribution in [0.15, 0.2) is 66.0 Å². The molecule has 35 heavy (non-hydrogen) atoms. The summed E-state index contributed by atoms with van der Waals surface area (Å²) >= 11 is 1.83. The predicted molar refractivity (Wildman–Crippen MR) is 136 cm³/mol. The molecule has 182 valence electrons. The van der Waals surface area contributed by atoms with Gasteiger partial charge in [0.1, 0.15) is 5.82 Å². The molecule has 2 aromatic carbocycles. The molecule has 5 rings (SSSR count). The molecule has 1 aromatic heterocycles. The summed E-state index contributed by atoms with van der Waals surface area (Å²) in [6.45, 7) is 3.87. The van der Waals surface area contributed by atoms with Crippen LogP contribution >= 0.6 is 11.3 Å². The Morgan fingerprint density at radius 1 is 0.857 bits per heavy atom. The zero-order valence-electron chi connectivity index (χ0n) is 19.7. The SMILES string of the molecule is O=C(CCN1CCc2sccc2[C@H]1c1ccccc1)N1CCN(C(=O)Cc2ccc(F)cc2)CC1. The lowest BCUT2D eigenvalue weighted by molar-refractivity contribution is -0.139. The second-order valence-electron chi connectivity index (χ2n) is 9.21. The maximum Gasteiger partial charge on any atom is 0.227 e. The summed E-state index contributed by atoms with van der Waals surface area (Å²) in [4.78, 5) is 33.3. The van der Waals surface area contributed by atoms with Gasteiger partial charge in [-0.25, -0.2) is 4.39 Å². The lowest BCUT2D eigenvalue weighted by Gasteiger charge is -2.38. The first-order valence-corrected chi connectivity index (χ1v) is 13.1. The Morgan fingerprint density at radius 3 is 2.26 bits per heavy atom. The average Bonchev–Trinajstić information content (AvgIpc) is 3.38. The number of thiophene rings is 1. The van der Waals surface area contributed by atoms with Gasteiger partial charge in [0.2, 0.25) is 11.8 Å². The van der Waals surface area contributed by atoms with Gasteiger partial charge in [-0.3, -0.25) is 14.5 Å². The van der Waals surface area contributed by atoms with E-state index in [9.17, 15) is 14.0 Å². The lowest BCUT2D eigenvalue weighted by atomic mass is 9.93. The van der Waals surface area contributed by atoms with Crippen molar-refractivity contribution >= 4 is 23.2 Å². The Labute approximate surface area is 209 Å². The fourth-order valence-electron chi connectivity index (χ4n) is 5.13. The molecule has 1 saturated heterocycles. The summed E-state index contributed by atoms with van der Waals surface area (Å²) in [6.07, 6.45) is 1.76. The third-order valence-corrected chi connectivity index (χ3v) is 8.04. The summed E-state index contributed by atoms with van der Waals surface area (Å²) in [5.74, 6) is -0.128. The van der Waals surface area contributed by atoms with Crippen molar-refractivity contribution in [2.45, 2.75) is 25.3 Å². The van der Waals surface area contributed by atoms with Crippen molar-refractivity contribution in [3.8, 4) is 0 Å². The van der Waals surface area contributed by atoms with Gasteiger partial charge in [-0.15, -0.1) is 11.3 Å². The largest absolute Gasteiger partial charge is 0.339 e. The van der Waals surface area contributed by atoms with Crippen molar-refractivity contribution in [1.82, 2.24) is 14.7 Å². The van der Waals surface area contributed by atoms with Gasteiger partial charge in [-0.1, -0.05) is 42.5 Å². The van der Waals surface area contributed by atoms with Gasteiger partial charge >= 0.3 is 0 Å². The molecule has 0 aliphatic carbocycles. The second-order valence-corrected chi connectivity index (χ2v) is 10.2. The standard InChI is InChI=1S/C28H30FN3O2S/c29-23-8-6-21(7-9-23)20-27(34)31-17-15-30(16-18-31)26(33)11-14-32-13-10-25-24(12-19-35-25)28(32)22-4-2-1-3-5-22/h1-9,12,19,28H,10-11,13-18,20H2/t28-/m1/s1. The van der Waals surface area contributed by atoms with Gasteiger partial charge in [-0.2, -0.15) is 0 Å². The summed E-state index contributed by atoms with van der Waals surface area (Å²) in [6, 6.07) is 19.0. The molecule has 3 aromatic rings. The number of carbonyl (C=O) groups excluding carboxylic acids is 2. The molecular weight excluding hydrogens is 461 g/mol. The van der Waals surface area contributed by atoms with Crippen LogP contribution in [0, 0.1) is 5.82 Å². The molecule has 0 bridgehead atoms. The minimum atomic E-state index is -0.302. The number of amides is 2. The molecule has 0 unspecified atom stereocenters. The van der Waals surface area contributed by atoms with Crippen molar-refractivity contribution in [3.05, 3.63) is 93.4 Å². The highest BCUT2D eigenvalue weighted by Gasteiger charge is 2.30. The van der Waals surface area contributed by atoms with Crippen LogP contribution in [-0.4, -0.2) is 65.8 Å². The van der Waals surface area contributed by atoms with E-state index >= 15 is 0 Å². The molecular formula is C28H30FN3O2S. The number of carbonyl (C=O) groups is 2. The van der Waals surface area contributed by atoms with Crippen LogP contribution in [0.2, 0.25) is 0 Å². The van der Waals surface area contributed by atoms with E-state index in [1.54, 1.807) is 17.0 Å². The maximum absolute atomic E-state index is 13.1. The predicted octanol–water partition coefficient (Wildman–Crippen LogP) is 4.14. The van der Waals surface area contributed by atoms with Crippen molar-refractivity contribution < 1.29 is 14.0 Å². The van der Waals surface area contributed by atoms with Crippen LogP contribution in [0.4, 0.5) is 4.39 Å². The fourth-order valence-corrected chi connectivity index (χ4v) is 6.03. The Bertz CT molecular complexity index is 1160. The van der Waals surface area contributed by atoms with Crippen molar-refractivity contribution in [3.63, 3.8) is 0 Å². The van der Waals surface area contributed by atoms with E-state index in [0.29, 0.717) is 32.6 Å². The van der Waals surface area contributed by atoms with Crippen LogP contribution in [0.25, 0.3) is 0 Å². The van der Waals surface area contributed by atoms with Gasteiger partial charge in [0.05, 0.1) is 12.5 Å². The molecule has 0 spiro atoms. The van der Waals surface area contributed by atoms with Crippen LogP contribution in [0.5, 0.6) is 0 Å². The van der Waals surface area contributed by atoms with Crippen molar-refractivity contribution in [2.24, 2.45) is 0 Å². The van der Waals surface area contributed by atoms with E-state index in [-0.39, 0.29) is 30.1 Å². The first-order valence-electron chi connectivity index (χ1n) is 12.2. The zero-order chi connectivity index (χ0) is 24.2. The van der Waals surface area contributed by atoms with Crippen LogP contribution in [0.1, 0.15) is 34.0 Å². The highest BCUT2D eigenvalue weighted by atomic mass is 32.1. The number of hydrogen-bond acceptors (Lipinski definition) is 4. The number of halogens is 1. The van der Waals surface area contributed by atoms with Crippen LogP contribution in [0.3, 0.4) is 0 Å². The Morgan fingerprint density at radius 2 is 1.54 bits per heavy atom. The molecule has 2 aliphatic rings. The van der Waals surface area contributed by atoms with Gasteiger partial charge < -0.3 is 9.80 Å². The van der Waals surface area contributed by atoms with E-state index in [4.69, 9.17) is 0 Å². The summed E-state index contributed by atoms with van der Waals surface area (Å²) in [7, 11) is 0. The van der Waals surface area contributed by atoms with Gasteiger partial charge in [0.25, 0.3) is 0 Å². The molecule has 0 N–H and O–H groups in total. The lowest BCUT2D eigenvalue weighted by Crippen LogP contribution is -2.51. The maximum atomic E-state index is 13.1. The Hall–Kier alpha value is -3.03. The third kappa shape index (κ3) is 5.46. The quantitative estimate of drug-likeness (QED) is 0.521. The summed E-state index contributed by atoms with van der Waals surface area (Å²) in [5, 5.41) is 2.17. The topological polar surface area (TPSA) is 43.9 Å². The van der Waals surface area contributed by atoms with Crippen LogP contribution < -0.4 is 0 Å². The first-order chi connectivity index (χ1) is 17.1. The number of piperazine rings is 1. The molecule has 0 saturated carbocycles. The molecule has 1 fully saturated rings. The molecule has 2 amide bonds. The monoisotopic (exact) mass is 491 g/mol. The van der Waals surface area contributed by atoms with E-state index in [1.165, 1.54) is 28.1 Å². The average molecular weight is 492 g/mol. The summed E-state index contributed by atoms with van der Waals surface area (Å²) in [5.41, 5.74) is 3.44. The number of nitrogens with zero attached hydrogens (tertiary/aromatic N) is 3. The Balaban J connectivity index is 1.14. The highest BCUT2D eigenvalue weighted by Crippen LogP contribution is 2.37. The zero-order valence-corrected chi connectivity index (χ0v) is 20.6. The van der Waals surface area contributed by atoms with E-state index in [0.717, 1.165) is 25.1 Å². The van der Waals surface area contributed by atoms with Crippen LogP contribution in [-0.2, 0) is 22.4 Å². The third-order valence-electron chi connectivity index (χ3n) is 7.05. The molecule has 1 atom stereocenters. The number of hydrogen-bond donors (Lipinski definition) is 0. The minimum absolute atomic E-state index is 0.0225. The second kappa shape index (κ2) is 10.7. The van der Waals surface area contributed by atoms with Gasteiger partial charge in [-0.05, 0) is 46.7 Å². The Kier molecular flexibility index (Phi) is 7.25. The number of fused-ring (bicyclic) bond motifs is 1. The van der Waals surface area contributed by atoms with Crippen molar-refractivity contribution in [1.29, 1.82) is 0 Å². The number of rotatable bonds is 6. The molecule has 7 heteroatoms.